The van der Waals surface area contributed by atoms with Gasteiger partial charge in [0.1, 0.15) is 13.2 Å². The first kappa shape index (κ1) is 75.4. The number of esters is 3. The van der Waals surface area contributed by atoms with Crippen molar-refractivity contribution < 1.29 is 28.6 Å². The van der Waals surface area contributed by atoms with Crippen molar-refractivity contribution in [2.75, 3.05) is 13.2 Å². The van der Waals surface area contributed by atoms with Crippen LogP contribution < -0.4 is 0 Å². The minimum absolute atomic E-state index is 0.0618. The van der Waals surface area contributed by atoms with E-state index in [-0.39, 0.29) is 31.1 Å². The Balaban J connectivity index is 4.27. The Hall–Kier alpha value is -1.59. The van der Waals surface area contributed by atoms with E-state index >= 15 is 0 Å². The normalized spacial score (nSPS) is 12.5. The molecule has 0 aromatic heterocycles. The van der Waals surface area contributed by atoms with Crippen LogP contribution in [0.2, 0.25) is 0 Å². The lowest BCUT2D eigenvalue weighted by molar-refractivity contribution is -0.167. The second-order valence-electron chi connectivity index (χ2n) is 25.7. The van der Waals surface area contributed by atoms with Crippen molar-refractivity contribution in [3.8, 4) is 0 Å². The van der Waals surface area contributed by atoms with Crippen LogP contribution in [0.1, 0.15) is 401 Å². The third-order valence-electron chi connectivity index (χ3n) is 16.8. The van der Waals surface area contributed by atoms with E-state index in [1.165, 1.54) is 283 Å². The average molecular weight is 1090 g/mol. The number of ether oxygens (including phenoxy) is 3. The molecular weight excluding hydrogens is 949 g/mol. The number of carbonyl (C=O) groups excluding carboxylic acids is 3. The van der Waals surface area contributed by atoms with Crippen LogP contribution in [0.15, 0.2) is 0 Å². The van der Waals surface area contributed by atoms with Crippen LogP contribution in [0.3, 0.4) is 0 Å². The summed E-state index contributed by atoms with van der Waals surface area (Å²) < 4.78 is 17.0. The molecule has 6 nitrogen and oxygen atoms in total. The van der Waals surface area contributed by atoms with Crippen molar-refractivity contribution in [2.24, 2.45) is 17.8 Å². The topological polar surface area (TPSA) is 78.9 Å². The van der Waals surface area contributed by atoms with E-state index in [0.29, 0.717) is 19.3 Å². The highest BCUT2D eigenvalue weighted by atomic mass is 16.6. The summed E-state index contributed by atoms with van der Waals surface area (Å²) in [7, 11) is 0. The summed E-state index contributed by atoms with van der Waals surface area (Å²) in [6.45, 7) is 13.9. The number of hydrogen-bond acceptors (Lipinski definition) is 6. The zero-order valence-electron chi connectivity index (χ0n) is 53.3. The number of hydrogen-bond donors (Lipinski definition) is 0. The van der Waals surface area contributed by atoms with Gasteiger partial charge in [-0.05, 0) is 37.0 Å². The summed E-state index contributed by atoms with van der Waals surface area (Å²) in [6.07, 6.45) is 69.7. The molecule has 0 rings (SSSR count). The third-order valence-corrected chi connectivity index (χ3v) is 16.8. The van der Waals surface area contributed by atoms with Gasteiger partial charge < -0.3 is 14.2 Å². The highest BCUT2D eigenvalue weighted by Crippen LogP contribution is 2.20. The van der Waals surface area contributed by atoms with Gasteiger partial charge in [-0.1, -0.05) is 363 Å². The molecule has 458 valence electrons. The van der Waals surface area contributed by atoms with Gasteiger partial charge in [-0.25, -0.2) is 0 Å². The Morgan fingerprint density at radius 3 is 0.675 bits per heavy atom. The number of unbranched alkanes of at least 4 members (excludes halogenated alkanes) is 46. The summed E-state index contributed by atoms with van der Waals surface area (Å²) in [4.78, 5) is 38.5. The lowest BCUT2D eigenvalue weighted by atomic mass is 9.99. The molecule has 0 aromatic rings. The first-order valence-electron chi connectivity index (χ1n) is 35.1. The van der Waals surface area contributed by atoms with E-state index in [4.69, 9.17) is 14.2 Å². The highest BCUT2D eigenvalue weighted by molar-refractivity contribution is 5.71. The molecule has 0 aliphatic rings. The van der Waals surface area contributed by atoms with Gasteiger partial charge in [-0.2, -0.15) is 0 Å². The predicted molar refractivity (Wildman–Crippen MR) is 335 cm³/mol. The van der Waals surface area contributed by atoms with Gasteiger partial charge in [0.25, 0.3) is 0 Å². The van der Waals surface area contributed by atoms with Crippen LogP contribution in [0.4, 0.5) is 0 Å². The minimum atomic E-state index is -0.765. The Labute approximate surface area is 482 Å². The molecule has 0 N–H and O–H groups in total. The second-order valence-corrected chi connectivity index (χ2v) is 25.7. The van der Waals surface area contributed by atoms with E-state index in [0.717, 1.165) is 75.5 Å². The second kappa shape index (κ2) is 62.0. The zero-order valence-corrected chi connectivity index (χ0v) is 53.3. The Morgan fingerprint density at radius 1 is 0.260 bits per heavy atom. The zero-order chi connectivity index (χ0) is 56.2. The van der Waals surface area contributed by atoms with E-state index < -0.39 is 6.10 Å². The van der Waals surface area contributed by atoms with Crippen molar-refractivity contribution >= 4 is 17.9 Å². The van der Waals surface area contributed by atoms with E-state index in [1.807, 2.05) is 0 Å². The smallest absolute Gasteiger partial charge is 0.306 e. The van der Waals surface area contributed by atoms with Crippen molar-refractivity contribution in [3.05, 3.63) is 0 Å². The fraction of sp³-hybridized carbons (Fsp3) is 0.958. The van der Waals surface area contributed by atoms with Crippen LogP contribution in [0.25, 0.3) is 0 Å². The van der Waals surface area contributed by atoms with Crippen LogP contribution in [-0.4, -0.2) is 37.2 Å². The van der Waals surface area contributed by atoms with Crippen molar-refractivity contribution in [1.29, 1.82) is 0 Å². The lowest BCUT2D eigenvalue weighted by Crippen LogP contribution is -2.30. The quantitative estimate of drug-likeness (QED) is 0.0343. The molecule has 0 saturated heterocycles. The summed E-state index contributed by atoms with van der Waals surface area (Å²) >= 11 is 0. The lowest BCUT2D eigenvalue weighted by Gasteiger charge is -2.18. The summed E-state index contributed by atoms with van der Waals surface area (Å²) in [5.41, 5.74) is 0. The van der Waals surface area contributed by atoms with Crippen molar-refractivity contribution in [2.45, 2.75) is 407 Å². The van der Waals surface area contributed by atoms with Crippen LogP contribution in [0, 0.1) is 17.8 Å². The first-order valence-corrected chi connectivity index (χ1v) is 35.1. The molecule has 0 aliphatic carbocycles. The van der Waals surface area contributed by atoms with Crippen molar-refractivity contribution in [1.82, 2.24) is 0 Å². The molecule has 0 heterocycles. The molecule has 1 unspecified atom stereocenters. The molecule has 6 heteroatoms. The Morgan fingerprint density at radius 2 is 0.455 bits per heavy atom. The number of rotatable bonds is 64. The van der Waals surface area contributed by atoms with Gasteiger partial charge in [0.2, 0.25) is 0 Å². The SMILES string of the molecule is CCC(C)CCCCCCCCCCCCCCCCCCCCC(=O)O[C@H](COC(=O)CCCCCCCCCCCCCCCCCCCCC(C)C)COC(=O)CCCCCCCCCCCCCCCC(C)C. The first-order chi connectivity index (χ1) is 37.6. The maximum absolute atomic E-state index is 13.0. The molecule has 0 bridgehead atoms. The largest absolute Gasteiger partial charge is 0.462 e. The number of carbonyl (C=O) groups is 3. The molecule has 2 atom stereocenters. The van der Waals surface area contributed by atoms with Crippen molar-refractivity contribution in [3.63, 3.8) is 0 Å². The van der Waals surface area contributed by atoms with E-state index in [9.17, 15) is 14.4 Å². The standard InChI is InChI=1S/C71H138O6/c1-7-67(6)59-53-47-41-35-29-23-17-13-9-11-15-19-25-32-38-44-50-56-62-71(74)77-68(64-76-70(73)61-55-49-43-37-31-26-20-22-28-34-40-46-52-58-66(4)5)63-75-69(72)60-54-48-42-36-30-24-18-14-10-8-12-16-21-27-33-39-45-51-57-65(2)3/h65-68H,7-64H2,1-6H3/t67?,68-/m1/s1. The molecule has 0 saturated carbocycles. The molecule has 77 heavy (non-hydrogen) atoms. The van der Waals surface area contributed by atoms with Gasteiger partial charge in [0.05, 0.1) is 0 Å². The average Bonchev–Trinajstić information content (AvgIpc) is 3.41. The fourth-order valence-corrected chi connectivity index (χ4v) is 11.1. The molecule has 0 spiro atoms. The summed E-state index contributed by atoms with van der Waals surface area (Å²) in [5.74, 6) is 1.78. The Bertz CT molecular complexity index is 1200. The maximum Gasteiger partial charge on any atom is 0.306 e. The van der Waals surface area contributed by atoms with Gasteiger partial charge in [-0.3, -0.25) is 14.4 Å². The molecular formula is C71H138O6. The summed E-state index contributed by atoms with van der Waals surface area (Å²) in [5, 5.41) is 0. The molecule has 0 fully saturated rings. The van der Waals surface area contributed by atoms with Crippen LogP contribution >= 0.6 is 0 Å². The molecule has 0 aromatic carbocycles. The van der Waals surface area contributed by atoms with Gasteiger partial charge in [-0.15, -0.1) is 0 Å². The van der Waals surface area contributed by atoms with Crippen LogP contribution in [-0.2, 0) is 28.6 Å². The van der Waals surface area contributed by atoms with E-state index in [2.05, 4.69) is 41.5 Å². The highest BCUT2D eigenvalue weighted by Gasteiger charge is 2.20. The Kier molecular flexibility index (Phi) is 60.7. The van der Waals surface area contributed by atoms with E-state index in [1.54, 1.807) is 0 Å². The molecule has 0 amide bonds. The third kappa shape index (κ3) is 63.5. The predicted octanol–water partition coefficient (Wildman–Crippen LogP) is 23.8. The van der Waals surface area contributed by atoms with Crippen LogP contribution in [0.5, 0.6) is 0 Å². The fourth-order valence-electron chi connectivity index (χ4n) is 11.1. The van der Waals surface area contributed by atoms with Gasteiger partial charge in [0.15, 0.2) is 6.10 Å². The molecule has 0 radical (unpaired) electrons. The molecule has 0 aliphatic heterocycles. The monoisotopic (exact) mass is 1090 g/mol. The van der Waals surface area contributed by atoms with Gasteiger partial charge >= 0.3 is 17.9 Å². The van der Waals surface area contributed by atoms with Gasteiger partial charge in [0, 0.05) is 19.3 Å². The summed E-state index contributed by atoms with van der Waals surface area (Å²) in [6, 6.07) is 0. The maximum atomic E-state index is 13.0. The minimum Gasteiger partial charge on any atom is -0.462 e.